The molecule has 1 saturated heterocycles. The Bertz CT molecular complexity index is 575. The first-order valence-electron chi connectivity index (χ1n) is 7.47. The van der Waals surface area contributed by atoms with Gasteiger partial charge in [-0.1, -0.05) is 23.2 Å². The number of nitrogens with zero attached hydrogens (tertiary/aromatic N) is 1. The second-order valence-corrected chi connectivity index (χ2v) is 7.35. The highest BCUT2D eigenvalue weighted by Gasteiger charge is 2.35. The van der Waals surface area contributed by atoms with Crippen molar-refractivity contribution in [3.05, 3.63) is 33.8 Å². The van der Waals surface area contributed by atoms with Crippen LogP contribution in [0.3, 0.4) is 0 Å². The van der Waals surface area contributed by atoms with Crippen molar-refractivity contribution in [2.45, 2.75) is 38.5 Å². The smallest absolute Gasteiger partial charge is 0.410 e. The molecule has 2 rings (SSSR count). The van der Waals surface area contributed by atoms with Crippen LogP contribution in [0.25, 0.3) is 0 Å². The molecule has 1 aliphatic rings. The SMILES string of the molecule is CC(C)(C)OC(=O)N1CCOCC1C(N)c1cc(Cl)ccc1Cl. The number of carbonyl (C=O) groups is 1. The van der Waals surface area contributed by atoms with Gasteiger partial charge in [-0.2, -0.15) is 0 Å². The van der Waals surface area contributed by atoms with Gasteiger partial charge in [-0.15, -0.1) is 0 Å². The van der Waals surface area contributed by atoms with E-state index in [9.17, 15) is 4.79 Å². The monoisotopic (exact) mass is 360 g/mol. The Balaban J connectivity index is 2.23. The van der Waals surface area contributed by atoms with Crippen LogP contribution in [0.2, 0.25) is 10.0 Å². The molecule has 1 amide bonds. The van der Waals surface area contributed by atoms with E-state index in [0.717, 1.165) is 0 Å². The molecule has 1 aromatic rings. The van der Waals surface area contributed by atoms with E-state index in [0.29, 0.717) is 35.4 Å². The molecule has 2 N–H and O–H groups in total. The van der Waals surface area contributed by atoms with E-state index >= 15 is 0 Å². The zero-order valence-corrected chi connectivity index (χ0v) is 15.0. The zero-order valence-electron chi connectivity index (χ0n) is 13.5. The van der Waals surface area contributed by atoms with Crippen LogP contribution in [0.4, 0.5) is 4.79 Å². The van der Waals surface area contributed by atoms with Crippen molar-refractivity contribution in [3.63, 3.8) is 0 Å². The molecule has 0 bridgehead atoms. The average Bonchev–Trinajstić information content (AvgIpc) is 2.47. The molecule has 0 aromatic heterocycles. The Morgan fingerprint density at radius 1 is 1.43 bits per heavy atom. The molecule has 1 fully saturated rings. The highest BCUT2D eigenvalue weighted by Crippen LogP contribution is 2.30. The summed E-state index contributed by atoms with van der Waals surface area (Å²) in [5, 5.41) is 1.05. The predicted octanol–water partition coefficient (Wildman–Crippen LogP) is 3.63. The number of carbonyl (C=O) groups excluding carboxylic acids is 1. The number of nitrogens with two attached hydrogens (primary N) is 1. The van der Waals surface area contributed by atoms with Gasteiger partial charge >= 0.3 is 6.09 Å². The van der Waals surface area contributed by atoms with Crippen LogP contribution in [-0.2, 0) is 9.47 Å². The summed E-state index contributed by atoms with van der Waals surface area (Å²) >= 11 is 12.3. The minimum absolute atomic E-state index is 0.323. The molecular formula is C16H22Cl2N2O3. The predicted molar refractivity (Wildman–Crippen MR) is 90.9 cm³/mol. The Labute approximate surface area is 146 Å². The maximum atomic E-state index is 12.4. The van der Waals surface area contributed by atoms with Crippen LogP contribution >= 0.6 is 23.2 Å². The molecule has 5 nitrogen and oxygen atoms in total. The molecule has 128 valence electrons. The Morgan fingerprint density at radius 2 is 2.13 bits per heavy atom. The maximum absolute atomic E-state index is 12.4. The summed E-state index contributed by atoms with van der Waals surface area (Å²) in [7, 11) is 0. The van der Waals surface area contributed by atoms with Crippen molar-refractivity contribution >= 4 is 29.3 Å². The van der Waals surface area contributed by atoms with Gasteiger partial charge < -0.3 is 15.2 Å². The maximum Gasteiger partial charge on any atom is 0.410 e. The third-order valence-electron chi connectivity index (χ3n) is 3.53. The standard InChI is InChI=1S/C16H22Cl2N2O3/c1-16(2,3)23-15(21)20-6-7-22-9-13(20)14(19)11-8-10(17)4-5-12(11)18/h4-5,8,13-14H,6-7,9,19H2,1-3H3. The molecule has 2 atom stereocenters. The van der Waals surface area contributed by atoms with Crippen molar-refractivity contribution in [1.29, 1.82) is 0 Å². The van der Waals surface area contributed by atoms with Crippen molar-refractivity contribution in [2.24, 2.45) is 5.73 Å². The number of hydrogen-bond donors (Lipinski definition) is 1. The quantitative estimate of drug-likeness (QED) is 0.874. The van der Waals surface area contributed by atoms with Crippen molar-refractivity contribution in [3.8, 4) is 0 Å². The summed E-state index contributed by atoms with van der Waals surface area (Å²) in [6.45, 7) is 6.68. The van der Waals surface area contributed by atoms with Crippen LogP contribution in [0, 0.1) is 0 Å². The normalized spacial score (nSPS) is 20.3. The summed E-state index contributed by atoms with van der Waals surface area (Å²) in [5.74, 6) is 0. The zero-order chi connectivity index (χ0) is 17.2. The largest absolute Gasteiger partial charge is 0.444 e. The number of ether oxygens (including phenoxy) is 2. The third kappa shape index (κ3) is 4.73. The fourth-order valence-electron chi connectivity index (χ4n) is 2.44. The minimum Gasteiger partial charge on any atom is -0.444 e. The van der Waals surface area contributed by atoms with E-state index in [4.69, 9.17) is 38.4 Å². The first-order chi connectivity index (χ1) is 10.7. The van der Waals surface area contributed by atoms with Crippen LogP contribution in [0.1, 0.15) is 32.4 Å². The lowest BCUT2D eigenvalue weighted by Crippen LogP contribution is -2.54. The van der Waals surface area contributed by atoms with Crippen LogP contribution in [0.15, 0.2) is 18.2 Å². The van der Waals surface area contributed by atoms with E-state index in [-0.39, 0.29) is 6.04 Å². The minimum atomic E-state index is -0.572. The van der Waals surface area contributed by atoms with Crippen LogP contribution in [-0.4, -0.2) is 42.4 Å². The second-order valence-electron chi connectivity index (χ2n) is 6.51. The van der Waals surface area contributed by atoms with Gasteiger partial charge in [0.1, 0.15) is 5.60 Å². The summed E-state index contributed by atoms with van der Waals surface area (Å²) in [6.07, 6.45) is -0.403. The fourth-order valence-corrected chi connectivity index (χ4v) is 2.87. The number of hydrogen-bond acceptors (Lipinski definition) is 4. The molecule has 0 saturated carbocycles. The summed E-state index contributed by atoms with van der Waals surface area (Å²) in [5.41, 5.74) is 6.47. The number of rotatable bonds is 2. The molecule has 1 heterocycles. The molecule has 1 aromatic carbocycles. The molecule has 2 unspecified atom stereocenters. The lowest BCUT2D eigenvalue weighted by molar-refractivity contribution is -0.0382. The van der Waals surface area contributed by atoms with Crippen LogP contribution < -0.4 is 5.73 Å². The molecular weight excluding hydrogens is 339 g/mol. The van der Waals surface area contributed by atoms with Gasteiger partial charge in [-0.3, -0.25) is 4.90 Å². The summed E-state index contributed by atoms with van der Waals surface area (Å²) in [6, 6.07) is 4.23. The fraction of sp³-hybridized carbons (Fsp3) is 0.562. The highest BCUT2D eigenvalue weighted by atomic mass is 35.5. The second kappa shape index (κ2) is 7.26. The van der Waals surface area contributed by atoms with E-state index in [1.54, 1.807) is 23.1 Å². The van der Waals surface area contributed by atoms with Crippen LogP contribution in [0.5, 0.6) is 0 Å². The Kier molecular flexibility index (Phi) is 5.79. The summed E-state index contributed by atoms with van der Waals surface area (Å²) in [4.78, 5) is 14.1. The number of amides is 1. The molecule has 0 radical (unpaired) electrons. The van der Waals surface area contributed by atoms with Gasteiger partial charge in [0, 0.05) is 16.6 Å². The highest BCUT2D eigenvalue weighted by molar-refractivity contribution is 6.33. The van der Waals surface area contributed by atoms with Crippen molar-refractivity contribution in [1.82, 2.24) is 4.90 Å². The molecule has 0 aliphatic carbocycles. The van der Waals surface area contributed by atoms with Gasteiger partial charge in [0.25, 0.3) is 0 Å². The number of halogens is 2. The Hall–Kier alpha value is -1.01. The van der Waals surface area contributed by atoms with Gasteiger partial charge in [-0.25, -0.2) is 4.79 Å². The number of morpholine rings is 1. The van der Waals surface area contributed by atoms with Gasteiger partial charge in [0.2, 0.25) is 0 Å². The average molecular weight is 361 g/mol. The van der Waals surface area contributed by atoms with Gasteiger partial charge in [0.05, 0.1) is 25.3 Å². The lowest BCUT2D eigenvalue weighted by Gasteiger charge is -2.39. The van der Waals surface area contributed by atoms with Crippen molar-refractivity contribution < 1.29 is 14.3 Å². The molecule has 7 heteroatoms. The van der Waals surface area contributed by atoms with Crippen molar-refractivity contribution in [2.75, 3.05) is 19.8 Å². The first-order valence-corrected chi connectivity index (χ1v) is 8.22. The summed E-state index contributed by atoms with van der Waals surface area (Å²) < 4.78 is 11.0. The first kappa shape index (κ1) is 18.3. The Morgan fingerprint density at radius 3 is 2.78 bits per heavy atom. The molecule has 23 heavy (non-hydrogen) atoms. The van der Waals surface area contributed by atoms with Gasteiger partial charge in [-0.05, 0) is 44.5 Å². The number of benzene rings is 1. The third-order valence-corrected chi connectivity index (χ3v) is 4.10. The van der Waals surface area contributed by atoms with E-state index in [1.807, 2.05) is 20.8 Å². The topological polar surface area (TPSA) is 64.8 Å². The van der Waals surface area contributed by atoms with E-state index in [2.05, 4.69) is 0 Å². The lowest BCUT2D eigenvalue weighted by atomic mass is 9.98. The van der Waals surface area contributed by atoms with E-state index < -0.39 is 17.7 Å². The van der Waals surface area contributed by atoms with E-state index in [1.165, 1.54) is 0 Å². The molecule has 0 spiro atoms. The van der Waals surface area contributed by atoms with Gasteiger partial charge in [0.15, 0.2) is 0 Å². The molecule has 1 aliphatic heterocycles.